The minimum Gasteiger partial charge on any atom is -0.375 e. The number of rotatable bonds is 2. The quantitative estimate of drug-likeness (QED) is 0.749. The number of H-pyrrole nitrogens is 1. The Balaban J connectivity index is 1.70. The number of nitrogens with zero attached hydrogens (tertiary/aromatic N) is 2. The molecule has 6 nitrogen and oxygen atoms in total. The molecule has 1 aliphatic heterocycles. The number of ether oxygens (including phenoxy) is 1. The van der Waals surface area contributed by atoms with E-state index >= 15 is 0 Å². The minimum absolute atomic E-state index is 0.188. The normalized spacial score (nSPS) is 21.2. The van der Waals surface area contributed by atoms with Crippen LogP contribution in [-0.4, -0.2) is 33.8 Å². The highest BCUT2D eigenvalue weighted by Gasteiger charge is 2.19. The van der Waals surface area contributed by atoms with Gasteiger partial charge in [0.05, 0.1) is 30.5 Å². The van der Waals surface area contributed by atoms with E-state index in [2.05, 4.69) is 22.2 Å². The lowest BCUT2D eigenvalue weighted by molar-refractivity contribution is 0.0149. The number of benzene rings is 1. The van der Waals surface area contributed by atoms with E-state index in [9.17, 15) is 4.79 Å². The summed E-state index contributed by atoms with van der Waals surface area (Å²) in [7, 11) is 0. The Morgan fingerprint density at radius 2 is 2.12 bits per heavy atom. The molecule has 1 aromatic carbocycles. The van der Waals surface area contributed by atoms with E-state index in [1.807, 2.05) is 24.3 Å². The van der Waals surface area contributed by atoms with Crippen LogP contribution in [0.5, 0.6) is 0 Å². The van der Waals surface area contributed by atoms with Gasteiger partial charge in [0.15, 0.2) is 5.65 Å². The first-order valence-corrected chi connectivity index (χ1v) is 8.21. The molecule has 1 aliphatic rings. The number of morpholine rings is 1. The summed E-state index contributed by atoms with van der Waals surface area (Å²) in [5.74, 6) is 0. The molecule has 3 heterocycles. The number of hydrogen-bond acceptors (Lipinski definition) is 4. The standard InChI is InChI=1S/C17H17ClN4O2/c1-10-7-19-14(8-24-10)11-2-4-12(5-3-11)22-15(18)6-13-16(22)20-9-21-17(13)23/h2-6,9-10,14,19H,7-8H2,1H3,(H,20,21,23)/t10-,14-/m0/s1. The summed E-state index contributed by atoms with van der Waals surface area (Å²) in [6, 6.07) is 9.86. The highest BCUT2D eigenvalue weighted by Crippen LogP contribution is 2.26. The Hall–Kier alpha value is -2.15. The van der Waals surface area contributed by atoms with Crippen molar-refractivity contribution in [2.75, 3.05) is 13.2 Å². The molecule has 0 unspecified atom stereocenters. The van der Waals surface area contributed by atoms with Gasteiger partial charge in [-0.25, -0.2) is 4.98 Å². The number of aromatic nitrogens is 3. The summed E-state index contributed by atoms with van der Waals surface area (Å²) < 4.78 is 7.47. The van der Waals surface area contributed by atoms with E-state index in [-0.39, 0.29) is 17.7 Å². The van der Waals surface area contributed by atoms with Crippen LogP contribution in [0.4, 0.5) is 0 Å². The number of hydrogen-bond donors (Lipinski definition) is 2. The van der Waals surface area contributed by atoms with Crippen molar-refractivity contribution in [2.45, 2.75) is 19.1 Å². The monoisotopic (exact) mass is 344 g/mol. The van der Waals surface area contributed by atoms with E-state index in [0.29, 0.717) is 22.8 Å². The first kappa shape index (κ1) is 15.4. The molecule has 1 fully saturated rings. The zero-order valence-electron chi connectivity index (χ0n) is 13.1. The molecule has 124 valence electrons. The van der Waals surface area contributed by atoms with E-state index in [1.54, 1.807) is 10.6 Å². The van der Waals surface area contributed by atoms with Gasteiger partial charge in [0, 0.05) is 12.2 Å². The lowest BCUT2D eigenvalue weighted by atomic mass is 10.1. The van der Waals surface area contributed by atoms with Crippen LogP contribution in [0.3, 0.4) is 0 Å². The average molecular weight is 345 g/mol. The Bertz CT molecular complexity index is 924. The van der Waals surface area contributed by atoms with Crippen molar-refractivity contribution in [3.8, 4) is 5.69 Å². The highest BCUT2D eigenvalue weighted by molar-refractivity contribution is 6.31. The van der Waals surface area contributed by atoms with Gasteiger partial charge < -0.3 is 15.0 Å². The molecule has 0 spiro atoms. The van der Waals surface area contributed by atoms with Crippen LogP contribution in [0.1, 0.15) is 18.5 Å². The third kappa shape index (κ3) is 2.62. The van der Waals surface area contributed by atoms with Gasteiger partial charge in [-0.1, -0.05) is 23.7 Å². The molecule has 24 heavy (non-hydrogen) atoms. The molecule has 2 atom stereocenters. The van der Waals surface area contributed by atoms with Gasteiger partial charge in [-0.3, -0.25) is 9.36 Å². The van der Waals surface area contributed by atoms with Crippen molar-refractivity contribution < 1.29 is 4.74 Å². The maximum absolute atomic E-state index is 11.9. The molecule has 0 aliphatic carbocycles. The number of halogens is 1. The zero-order valence-corrected chi connectivity index (χ0v) is 13.9. The van der Waals surface area contributed by atoms with Crippen molar-refractivity contribution in [3.63, 3.8) is 0 Å². The smallest absolute Gasteiger partial charge is 0.260 e. The topological polar surface area (TPSA) is 71.9 Å². The average Bonchev–Trinajstić information content (AvgIpc) is 2.93. The number of fused-ring (bicyclic) bond motifs is 1. The van der Waals surface area contributed by atoms with Crippen molar-refractivity contribution in [1.29, 1.82) is 0 Å². The first-order valence-electron chi connectivity index (χ1n) is 7.83. The number of aromatic amines is 1. The molecule has 2 N–H and O–H groups in total. The summed E-state index contributed by atoms with van der Waals surface area (Å²) in [6.45, 7) is 3.55. The van der Waals surface area contributed by atoms with Gasteiger partial charge in [0.2, 0.25) is 0 Å². The Morgan fingerprint density at radius 1 is 1.33 bits per heavy atom. The van der Waals surface area contributed by atoms with Gasteiger partial charge in [0.1, 0.15) is 5.15 Å². The Kier molecular flexibility index (Phi) is 3.88. The van der Waals surface area contributed by atoms with E-state index in [0.717, 1.165) is 17.8 Å². The van der Waals surface area contributed by atoms with Crippen LogP contribution >= 0.6 is 11.6 Å². The van der Waals surface area contributed by atoms with Gasteiger partial charge >= 0.3 is 0 Å². The minimum atomic E-state index is -0.199. The molecule has 0 saturated carbocycles. The van der Waals surface area contributed by atoms with Crippen molar-refractivity contribution in [2.24, 2.45) is 0 Å². The molecular formula is C17H17ClN4O2. The summed E-state index contributed by atoms with van der Waals surface area (Å²) in [5, 5.41) is 4.40. The largest absolute Gasteiger partial charge is 0.375 e. The predicted molar refractivity (Wildman–Crippen MR) is 92.9 cm³/mol. The second-order valence-electron chi connectivity index (χ2n) is 5.97. The number of nitrogens with one attached hydrogen (secondary N) is 2. The van der Waals surface area contributed by atoms with E-state index in [4.69, 9.17) is 16.3 Å². The van der Waals surface area contributed by atoms with Crippen LogP contribution in [-0.2, 0) is 4.74 Å². The Labute approximate surface area is 143 Å². The second kappa shape index (κ2) is 6.05. The maximum Gasteiger partial charge on any atom is 0.260 e. The molecule has 1 saturated heterocycles. The summed E-state index contributed by atoms with van der Waals surface area (Å²) in [6.07, 6.45) is 1.63. The molecule has 0 radical (unpaired) electrons. The van der Waals surface area contributed by atoms with Crippen molar-refractivity contribution >= 4 is 22.6 Å². The molecule has 0 amide bonds. The van der Waals surface area contributed by atoms with Crippen molar-refractivity contribution in [3.05, 3.63) is 57.7 Å². The van der Waals surface area contributed by atoms with Crippen LogP contribution in [0.2, 0.25) is 5.15 Å². The fourth-order valence-corrected chi connectivity index (χ4v) is 3.28. The van der Waals surface area contributed by atoms with Crippen LogP contribution in [0, 0.1) is 0 Å². The van der Waals surface area contributed by atoms with Gasteiger partial charge in [0.25, 0.3) is 5.56 Å². The van der Waals surface area contributed by atoms with Gasteiger partial charge in [-0.2, -0.15) is 0 Å². The molecule has 0 bridgehead atoms. The fourth-order valence-electron chi connectivity index (χ4n) is 3.00. The summed E-state index contributed by atoms with van der Waals surface area (Å²) in [4.78, 5) is 18.7. The van der Waals surface area contributed by atoms with Gasteiger partial charge in [-0.05, 0) is 30.7 Å². The maximum atomic E-state index is 11.9. The lowest BCUT2D eigenvalue weighted by Crippen LogP contribution is -2.39. The predicted octanol–water partition coefficient (Wildman–Crippen LogP) is 2.42. The van der Waals surface area contributed by atoms with Crippen LogP contribution in [0.15, 0.2) is 41.5 Å². The zero-order chi connectivity index (χ0) is 16.7. The molecule has 2 aromatic heterocycles. The molecule has 7 heteroatoms. The molecule has 3 aromatic rings. The van der Waals surface area contributed by atoms with E-state index < -0.39 is 0 Å². The lowest BCUT2D eigenvalue weighted by Gasteiger charge is -2.28. The highest BCUT2D eigenvalue weighted by atomic mass is 35.5. The third-order valence-corrected chi connectivity index (χ3v) is 4.59. The van der Waals surface area contributed by atoms with Gasteiger partial charge in [-0.15, -0.1) is 0 Å². The third-order valence-electron chi connectivity index (χ3n) is 4.31. The molecular weight excluding hydrogens is 328 g/mol. The fraction of sp³-hybridized carbons (Fsp3) is 0.294. The Morgan fingerprint density at radius 3 is 2.83 bits per heavy atom. The van der Waals surface area contributed by atoms with Crippen LogP contribution in [0.25, 0.3) is 16.7 Å². The molecule has 4 rings (SSSR count). The summed E-state index contributed by atoms with van der Waals surface area (Å²) in [5.41, 5.74) is 2.37. The first-order chi connectivity index (χ1) is 11.6. The SMILES string of the molecule is C[C@H]1CN[C@H](c2ccc(-n3c(Cl)cc4c(=O)[nH]cnc43)cc2)CO1. The van der Waals surface area contributed by atoms with Crippen LogP contribution < -0.4 is 10.9 Å². The van der Waals surface area contributed by atoms with E-state index in [1.165, 1.54) is 6.33 Å². The van der Waals surface area contributed by atoms with Crippen molar-refractivity contribution in [1.82, 2.24) is 19.9 Å². The second-order valence-corrected chi connectivity index (χ2v) is 6.35. The summed E-state index contributed by atoms with van der Waals surface area (Å²) >= 11 is 6.32.